The van der Waals surface area contributed by atoms with Crippen LogP contribution in [0.25, 0.3) is 0 Å². The van der Waals surface area contributed by atoms with Crippen LogP contribution in [-0.4, -0.2) is 109 Å². The molecule has 3 N–H and O–H groups in total. The highest BCUT2D eigenvalue weighted by molar-refractivity contribution is 6.33. The number of nitrogens with one attached hydrogen (secondary N) is 3. The molecule has 272 valence electrons. The SMILES string of the molecule is CNc1c(Cl)cc(C[C@@H](NC(=O)N2CCC(N3CCc4ccccc4NC3=O)CC2)C(=O)N2CCC(N3CCCCC3)CC2)cc1C(F)(F)F. The van der Waals surface area contributed by atoms with Crippen LogP contribution in [0.4, 0.5) is 34.1 Å². The van der Waals surface area contributed by atoms with Crippen LogP contribution < -0.4 is 16.0 Å². The number of alkyl halides is 3. The van der Waals surface area contributed by atoms with E-state index in [2.05, 4.69) is 20.9 Å². The number of hydrogen-bond acceptors (Lipinski definition) is 5. The fourth-order valence-electron chi connectivity index (χ4n) is 8.01. The summed E-state index contributed by atoms with van der Waals surface area (Å²) in [5, 5.41) is 8.32. The number of fused-ring (bicyclic) bond motifs is 1. The number of amides is 5. The average molecular weight is 718 g/mol. The fraction of sp³-hybridized carbons (Fsp3) is 0.583. The first-order valence-corrected chi connectivity index (χ1v) is 18.2. The number of halogens is 4. The van der Waals surface area contributed by atoms with Gasteiger partial charge >= 0.3 is 18.2 Å². The van der Waals surface area contributed by atoms with Gasteiger partial charge in [-0.05, 0) is 87.4 Å². The highest BCUT2D eigenvalue weighted by Gasteiger charge is 2.38. The lowest BCUT2D eigenvalue weighted by molar-refractivity contribution is -0.137. The first-order valence-electron chi connectivity index (χ1n) is 17.8. The molecule has 0 aromatic heterocycles. The molecule has 6 rings (SSSR count). The molecule has 1 atom stereocenters. The Morgan fingerprint density at radius 2 is 1.58 bits per heavy atom. The van der Waals surface area contributed by atoms with Gasteiger partial charge in [0, 0.05) is 64.0 Å². The van der Waals surface area contributed by atoms with Crippen LogP contribution in [-0.2, 0) is 23.8 Å². The molecule has 5 amide bonds. The summed E-state index contributed by atoms with van der Waals surface area (Å²) in [6.45, 7) is 4.48. The number of benzene rings is 2. The van der Waals surface area contributed by atoms with Gasteiger partial charge in [0.15, 0.2) is 0 Å². The Kier molecular flexibility index (Phi) is 11.3. The molecule has 0 saturated carbocycles. The number of likely N-dealkylation sites (tertiary alicyclic amines) is 3. The molecule has 3 saturated heterocycles. The number of nitrogens with zero attached hydrogens (tertiary/aromatic N) is 4. The summed E-state index contributed by atoms with van der Waals surface area (Å²) in [6.07, 6.45) is 2.27. The highest BCUT2D eigenvalue weighted by Crippen LogP contribution is 2.39. The first kappa shape index (κ1) is 36.1. The Bertz CT molecular complexity index is 1540. The predicted molar refractivity (Wildman–Crippen MR) is 188 cm³/mol. The van der Waals surface area contributed by atoms with E-state index in [1.165, 1.54) is 32.4 Å². The van der Waals surface area contributed by atoms with Crippen molar-refractivity contribution in [1.29, 1.82) is 0 Å². The molecular weight excluding hydrogens is 671 g/mol. The number of hydrogen-bond donors (Lipinski definition) is 3. The molecule has 0 unspecified atom stereocenters. The van der Waals surface area contributed by atoms with Gasteiger partial charge in [-0.15, -0.1) is 0 Å². The van der Waals surface area contributed by atoms with Crippen LogP contribution in [0.15, 0.2) is 36.4 Å². The van der Waals surface area contributed by atoms with E-state index in [0.717, 1.165) is 49.7 Å². The van der Waals surface area contributed by atoms with Crippen molar-refractivity contribution in [2.24, 2.45) is 0 Å². The summed E-state index contributed by atoms with van der Waals surface area (Å²) in [6, 6.07) is 8.82. The number of anilines is 2. The summed E-state index contributed by atoms with van der Waals surface area (Å²) in [5.74, 6) is -0.312. The normalized spacial score (nSPS) is 20.5. The summed E-state index contributed by atoms with van der Waals surface area (Å²) in [5.41, 5.74) is 0.933. The van der Waals surface area contributed by atoms with E-state index in [4.69, 9.17) is 11.6 Å². The predicted octanol–water partition coefficient (Wildman–Crippen LogP) is 6.05. The van der Waals surface area contributed by atoms with Crippen LogP contribution in [0, 0.1) is 0 Å². The zero-order valence-electron chi connectivity index (χ0n) is 28.5. The van der Waals surface area contributed by atoms with Crippen LogP contribution in [0.1, 0.15) is 61.6 Å². The van der Waals surface area contributed by atoms with E-state index < -0.39 is 23.8 Å². The molecule has 0 aliphatic carbocycles. The molecule has 4 aliphatic heterocycles. The summed E-state index contributed by atoms with van der Waals surface area (Å²) < 4.78 is 42.1. The van der Waals surface area contributed by atoms with Crippen molar-refractivity contribution in [3.8, 4) is 0 Å². The van der Waals surface area contributed by atoms with Crippen LogP contribution >= 0.6 is 11.6 Å². The smallest absolute Gasteiger partial charge is 0.386 e. The molecule has 2 aromatic rings. The number of urea groups is 2. The molecule has 3 fully saturated rings. The molecule has 50 heavy (non-hydrogen) atoms. The molecule has 4 aliphatic rings. The zero-order chi connectivity index (χ0) is 35.4. The van der Waals surface area contributed by atoms with Crippen molar-refractivity contribution in [2.75, 3.05) is 63.5 Å². The summed E-state index contributed by atoms with van der Waals surface area (Å²) in [4.78, 5) is 48.6. The summed E-state index contributed by atoms with van der Waals surface area (Å²) in [7, 11) is 1.37. The van der Waals surface area contributed by atoms with Gasteiger partial charge in [-0.3, -0.25) is 4.79 Å². The van der Waals surface area contributed by atoms with E-state index in [1.54, 1.807) is 9.80 Å². The fourth-order valence-corrected chi connectivity index (χ4v) is 8.34. The van der Waals surface area contributed by atoms with E-state index in [9.17, 15) is 27.6 Å². The molecule has 0 spiro atoms. The second-order valence-corrected chi connectivity index (χ2v) is 14.3. The van der Waals surface area contributed by atoms with Gasteiger partial charge in [-0.2, -0.15) is 13.2 Å². The molecule has 0 radical (unpaired) electrons. The lowest BCUT2D eigenvalue weighted by atomic mass is 9.97. The maximum Gasteiger partial charge on any atom is 0.418 e. The largest absolute Gasteiger partial charge is 0.418 e. The van der Waals surface area contributed by atoms with Gasteiger partial charge in [0.1, 0.15) is 6.04 Å². The topological polar surface area (TPSA) is 100 Å². The monoisotopic (exact) mass is 717 g/mol. The molecule has 2 aromatic carbocycles. The number of carbonyl (C=O) groups excluding carboxylic acids is 3. The quantitative estimate of drug-likeness (QED) is 0.324. The summed E-state index contributed by atoms with van der Waals surface area (Å²) >= 11 is 6.30. The Balaban J connectivity index is 1.13. The third kappa shape index (κ3) is 8.25. The lowest BCUT2D eigenvalue weighted by Crippen LogP contribution is -2.57. The van der Waals surface area contributed by atoms with Crippen molar-refractivity contribution >= 4 is 40.9 Å². The molecule has 4 heterocycles. The second kappa shape index (κ2) is 15.7. The van der Waals surface area contributed by atoms with Gasteiger partial charge in [0.2, 0.25) is 5.91 Å². The standard InChI is InChI=1S/C36H47ClF3N7O3/c1-41-32-28(36(38,39)40)21-24(22-29(32)37)23-31(33(48)45-16-10-26(11-17-45)44-14-5-2-6-15-44)43-34(49)46-18-12-27(13-19-46)47-20-9-25-7-3-4-8-30(25)42-35(47)50/h3-4,7-8,21-22,26-27,31,41H,2,5-6,9-20,23H2,1H3,(H,42,50)(H,43,49)/t31-/m1/s1. The van der Waals surface area contributed by atoms with E-state index >= 15 is 0 Å². The van der Waals surface area contributed by atoms with Crippen molar-refractivity contribution in [3.63, 3.8) is 0 Å². The highest BCUT2D eigenvalue weighted by atomic mass is 35.5. The van der Waals surface area contributed by atoms with Crippen molar-refractivity contribution in [1.82, 2.24) is 24.9 Å². The minimum Gasteiger partial charge on any atom is -0.386 e. The van der Waals surface area contributed by atoms with Crippen LogP contribution in [0.3, 0.4) is 0 Å². The number of rotatable bonds is 7. The van der Waals surface area contributed by atoms with Crippen molar-refractivity contribution < 1.29 is 27.6 Å². The van der Waals surface area contributed by atoms with Crippen molar-refractivity contribution in [3.05, 3.63) is 58.1 Å². The molecule has 10 nitrogen and oxygen atoms in total. The Hall–Kier alpha value is -3.71. The zero-order valence-corrected chi connectivity index (χ0v) is 29.3. The minimum absolute atomic E-state index is 0.0550. The average Bonchev–Trinajstić information content (AvgIpc) is 3.29. The first-order chi connectivity index (χ1) is 24.0. The number of para-hydroxylation sites is 1. The van der Waals surface area contributed by atoms with Gasteiger partial charge in [-0.25, -0.2) is 9.59 Å². The number of piperidine rings is 3. The Morgan fingerprint density at radius 1 is 0.920 bits per heavy atom. The second-order valence-electron chi connectivity index (χ2n) is 13.9. The number of carbonyl (C=O) groups is 3. The third-order valence-corrected chi connectivity index (χ3v) is 11.1. The van der Waals surface area contributed by atoms with E-state index in [-0.39, 0.29) is 40.7 Å². The van der Waals surface area contributed by atoms with Gasteiger partial charge in [0.05, 0.1) is 16.3 Å². The lowest BCUT2D eigenvalue weighted by Gasteiger charge is -2.41. The van der Waals surface area contributed by atoms with Gasteiger partial charge in [-0.1, -0.05) is 36.2 Å². The van der Waals surface area contributed by atoms with Crippen LogP contribution in [0.5, 0.6) is 0 Å². The third-order valence-electron chi connectivity index (χ3n) is 10.8. The van der Waals surface area contributed by atoms with Gasteiger partial charge in [0.25, 0.3) is 0 Å². The van der Waals surface area contributed by atoms with Gasteiger partial charge < -0.3 is 35.6 Å². The molecule has 0 bridgehead atoms. The van der Waals surface area contributed by atoms with E-state index in [0.29, 0.717) is 51.6 Å². The Labute approximate surface area is 296 Å². The maximum atomic E-state index is 14.1. The minimum atomic E-state index is -4.67. The Morgan fingerprint density at radius 3 is 2.26 bits per heavy atom. The van der Waals surface area contributed by atoms with Crippen LogP contribution in [0.2, 0.25) is 5.02 Å². The van der Waals surface area contributed by atoms with Crippen molar-refractivity contribution in [2.45, 2.75) is 82.1 Å². The maximum absolute atomic E-state index is 14.1. The molecule has 14 heteroatoms. The van der Waals surface area contributed by atoms with E-state index in [1.807, 2.05) is 29.2 Å². The molecular formula is C36H47ClF3N7O3.